The van der Waals surface area contributed by atoms with Crippen molar-refractivity contribution in [3.63, 3.8) is 0 Å². The molecular weight excluding hydrogens is 588 g/mol. The van der Waals surface area contributed by atoms with Gasteiger partial charge in [0.05, 0.1) is 0 Å². The van der Waals surface area contributed by atoms with Gasteiger partial charge >= 0.3 is 0 Å². The first-order chi connectivity index (χ1) is 20.4. The van der Waals surface area contributed by atoms with E-state index in [0.29, 0.717) is 30.9 Å². The summed E-state index contributed by atoms with van der Waals surface area (Å²) >= 11 is 0. The number of piperazine rings is 1. The Balaban J connectivity index is 1.15. The highest BCUT2D eigenvalue weighted by Gasteiger charge is 2.30. The normalized spacial score (nSPS) is 16.5. The number of nitrogens with zero attached hydrogens (tertiary/aromatic N) is 2. The SMILES string of the molecule is Cc1cc(C(=O)Nc2ccc(CN3CCN(S(=O)(=O)CS(C)(=O)=O)CC3)cc2)ccc1-c1cccc(NC(=O)C2CC2)c1. The minimum absolute atomic E-state index is 0.0633. The van der Waals surface area contributed by atoms with E-state index in [1.54, 1.807) is 6.07 Å². The van der Waals surface area contributed by atoms with Gasteiger partial charge in [-0.1, -0.05) is 30.3 Å². The van der Waals surface area contributed by atoms with Crippen molar-refractivity contribution in [3.8, 4) is 11.1 Å². The van der Waals surface area contributed by atoms with Crippen LogP contribution in [0, 0.1) is 12.8 Å². The zero-order chi connectivity index (χ0) is 30.8. The van der Waals surface area contributed by atoms with E-state index in [-0.39, 0.29) is 30.8 Å². The van der Waals surface area contributed by atoms with Gasteiger partial charge in [0.1, 0.15) is 0 Å². The number of carbonyl (C=O) groups is 2. The number of benzene rings is 3. The fourth-order valence-electron chi connectivity index (χ4n) is 5.15. The summed E-state index contributed by atoms with van der Waals surface area (Å²) in [7, 11) is -7.47. The Bertz CT molecular complexity index is 1730. The lowest BCUT2D eigenvalue weighted by Crippen LogP contribution is -2.49. The van der Waals surface area contributed by atoms with Crippen LogP contribution in [-0.2, 0) is 31.2 Å². The fourth-order valence-corrected chi connectivity index (χ4v) is 8.63. The molecule has 228 valence electrons. The summed E-state index contributed by atoms with van der Waals surface area (Å²) < 4.78 is 48.8. The van der Waals surface area contributed by atoms with Crippen molar-refractivity contribution in [2.24, 2.45) is 5.92 Å². The van der Waals surface area contributed by atoms with E-state index in [9.17, 15) is 26.4 Å². The van der Waals surface area contributed by atoms with Gasteiger partial charge < -0.3 is 10.6 Å². The van der Waals surface area contributed by atoms with Gasteiger partial charge in [0.15, 0.2) is 14.9 Å². The topological polar surface area (TPSA) is 133 Å². The van der Waals surface area contributed by atoms with Crippen molar-refractivity contribution in [3.05, 3.63) is 83.4 Å². The number of sulfone groups is 1. The first-order valence-corrected chi connectivity index (χ1v) is 17.8. The molecule has 0 unspecified atom stereocenters. The van der Waals surface area contributed by atoms with Crippen molar-refractivity contribution in [2.45, 2.75) is 26.3 Å². The molecule has 3 aromatic carbocycles. The third kappa shape index (κ3) is 8.29. The van der Waals surface area contributed by atoms with Crippen molar-refractivity contribution >= 4 is 43.0 Å². The molecule has 43 heavy (non-hydrogen) atoms. The molecule has 5 rings (SSSR count). The van der Waals surface area contributed by atoms with Crippen LogP contribution < -0.4 is 10.6 Å². The molecular formula is C31H36N4O6S2. The minimum Gasteiger partial charge on any atom is -0.326 e. The second kappa shape index (κ2) is 12.6. The Labute approximate surface area is 253 Å². The number of hydrogen-bond donors (Lipinski definition) is 2. The first kappa shape index (κ1) is 30.9. The second-order valence-electron chi connectivity index (χ2n) is 11.4. The van der Waals surface area contributed by atoms with Crippen molar-refractivity contribution in [1.29, 1.82) is 0 Å². The lowest BCUT2D eigenvalue weighted by Gasteiger charge is -2.33. The van der Waals surface area contributed by atoms with Crippen LogP contribution in [0.25, 0.3) is 11.1 Å². The van der Waals surface area contributed by atoms with Gasteiger partial charge in [0, 0.05) is 61.8 Å². The lowest BCUT2D eigenvalue weighted by molar-refractivity contribution is -0.117. The largest absolute Gasteiger partial charge is 0.326 e. The van der Waals surface area contributed by atoms with Crippen molar-refractivity contribution in [1.82, 2.24) is 9.21 Å². The van der Waals surface area contributed by atoms with E-state index in [4.69, 9.17) is 0 Å². The van der Waals surface area contributed by atoms with Gasteiger partial charge in [-0.05, 0) is 78.4 Å². The number of rotatable bonds is 10. The number of aryl methyl sites for hydroxylation is 1. The highest BCUT2D eigenvalue weighted by atomic mass is 32.3. The van der Waals surface area contributed by atoms with Crippen molar-refractivity contribution in [2.75, 3.05) is 48.2 Å². The van der Waals surface area contributed by atoms with E-state index < -0.39 is 24.9 Å². The predicted molar refractivity (Wildman–Crippen MR) is 168 cm³/mol. The third-order valence-electron chi connectivity index (χ3n) is 7.58. The number of hydrogen-bond acceptors (Lipinski definition) is 7. The molecule has 1 aliphatic carbocycles. The second-order valence-corrected chi connectivity index (χ2v) is 15.8. The molecule has 0 radical (unpaired) electrons. The standard InChI is InChI=1S/C31H36N4O6S2/c1-22-18-26(10-13-29(22)25-4-3-5-28(19-25)33-30(36)24-8-9-24)31(37)32-27-11-6-23(7-12-27)20-34-14-16-35(17-15-34)43(40,41)21-42(2,38)39/h3-7,10-13,18-19,24H,8-9,14-17,20-21H2,1-2H3,(H,32,37)(H,33,36). The Kier molecular flexibility index (Phi) is 9.02. The molecule has 3 aromatic rings. The van der Waals surface area contributed by atoms with Gasteiger partial charge in [-0.25, -0.2) is 16.8 Å². The number of sulfonamides is 1. The van der Waals surface area contributed by atoms with Crippen LogP contribution in [0.1, 0.15) is 34.3 Å². The van der Waals surface area contributed by atoms with Crippen LogP contribution in [0.3, 0.4) is 0 Å². The molecule has 1 aliphatic heterocycles. The average molecular weight is 625 g/mol. The van der Waals surface area contributed by atoms with Crippen LogP contribution in [0.4, 0.5) is 11.4 Å². The molecule has 2 N–H and O–H groups in total. The van der Waals surface area contributed by atoms with Crippen LogP contribution in [0.5, 0.6) is 0 Å². The number of nitrogens with one attached hydrogen (secondary N) is 2. The predicted octanol–water partition coefficient (Wildman–Crippen LogP) is 3.71. The summed E-state index contributed by atoms with van der Waals surface area (Å²) in [4.78, 5) is 27.3. The molecule has 2 amide bonds. The number of anilines is 2. The van der Waals surface area contributed by atoms with Gasteiger partial charge in [0.2, 0.25) is 15.9 Å². The molecule has 10 nitrogen and oxygen atoms in total. The Hall–Kier alpha value is -3.58. The maximum Gasteiger partial charge on any atom is 0.255 e. The third-order valence-corrected chi connectivity index (χ3v) is 11.6. The monoisotopic (exact) mass is 624 g/mol. The van der Waals surface area contributed by atoms with Crippen LogP contribution in [-0.4, -0.2) is 75.4 Å². The summed E-state index contributed by atoms with van der Waals surface area (Å²) in [6.45, 7) is 4.04. The highest BCUT2D eigenvalue weighted by Crippen LogP contribution is 2.31. The van der Waals surface area contributed by atoms with E-state index in [2.05, 4.69) is 15.5 Å². The summed E-state index contributed by atoms with van der Waals surface area (Å²) in [6, 6.07) is 20.8. The van der Waals surface area contributed by atoms with E-state index in [1.165, 1.54) is 4.31 Å². The molecule has 0 aromatic heterocycles. The molecule has 1 saturated carbocycles. The molecule has 0 spiro atoms. The van der Waals surface area contributed by atoms with E-state index >= 15 is 0 Å². The number of carbonyl (C=O) groups excluding carboxylic acids is 2. The van der Waals surface area contributed by atoms with E-state index in [0.717, 1.165) is 47.0 Å². The van der Waals surface area contributed by atoms with Crippen LogP contribution in [0.2, 0.25) is 0 Å². The lowest BCUT2D eigenvalue weighted by atomic mass is 9.97. The maximum absolute atomic E-state index is 13.0. The molecule has 2 fully saturated rings. The summed E-state index contributed by atoms with van der Waals surface area (Å²) in [5.41, 5.74) is 5.86. The van der Waals surface area contributed by atoms with Crippen molar-refractivity contribution < 1.29 is 26.4 Å². The fraction of sp³-hybridized carbons (Fsp3) is 0.355. The average Bonchev–Trinajstić information content (AvgIpc) is 3.79. The van der Waals surface area contributed by atoms with E-state index in [1.807, 2.05) is 67.6 Å². The Morgan fingerprint density at radius 2 is 1.53 bits per heavy atom. The van der Waals surface area contributed by atoms with Crippen LogP contribution >= 0.6 is 0 Å². The summed E-state index contributed by atoms with van der Waals surface area (Å²) in [5.74, 6) is -0.0296. The first-order valence-electron chi connectivity index (χ1n) is 14.2. The smallest absolute Gasteiger partial charge is 0.255 e. The zero-order valence-electron chi connectivity index (χ0n) is 24.2. The molecule has 0 bridgehead atoms. The minimum atomic E-state index is -3.84. The molecule has 1 saturated heterocycles. The maximum atomic E-state index is 13.0. The Morgan fingerprint density at radius 1 is 0.837 bits per heavy atom. The van der Waals surface area contributed by atoms with Gasteiger partial charge in [-0.3, -0.25) is 14.5 Å². The quantitative estimate of drug-likeness (QED) is 0.351. The van der Waals surface area contributed by atoms with Gasteiger partial charge in [-0.15, -0.1) is 0 Å². The molecule has 0 atom stereocenters. The van der Waals surface area contributed by atoms with Gasteiger partial charge in [0.25, 0.3) is 5.91 Å². The zero-order valence-corrected chi connectivity index (χ0v) is 25.9. The molecule has 1 heterocycles. The summed E-state index contributed by atoms with van der Waals surface area (Å²) in [6.07, 6.45) is 2.82. The Morgan fingerprint density at radius 3 is 2.16 bits per heavy atom. The number of amides is 2. The summed E-state index contributed by atoms with van der Waals surface area (Å²) in [5, 5.41) is 5.06. The van der Waals surface area contributed by atoms with Crippen LogP contribution in [0.15, 0.2) is 66.7 Å². The molecule has 2 aliphatic rings. The molecule has 12 heteroatoms. The highest BCUT2D eigenvalue weighted by molar-refractivity contribution is 8.06. The van der Waals surface area contributed by atoms with Gasteiger partial charge in [-0.2, -0.15) is 4.31 Å².